The highest BCUT2D eigenvalue weighted by Gasteiger charge is 2.25. The first-order chi connectivity index (χ1) is 13.8. The molecule has 2 aromatic rings. The number of alkyl carbamates (subject to hydrolysis) is 1. The van der Waals surface area contributed by atoms with Crippen molar-refractivity contribution in [2.24, 2.45) is 0 Å². The van der Waals surface area contributed by atoms with Gasteiger partial charge in [-0.1, -0.05) is 30.3 Å². The van der Waals surface area contributed by atoms with Crippen molar-refractivity contribution in [3.05, 3.63) is 59.4 Å². The number of carbonyl (C=O) groups is 2. The second-order valence-corrected chi connectivity index (χ2v) is 6.46. The molecule has 0 aromatic heterocycles. The van der Waals surface area contributed by atoms with Crippen molar-refractivity contribution in [3.8, 4) is 11.5 Å². The van der Waals surface area contributed by atoms with Gasteiger partial charge in [0.15, 0.2) is 23.1 Å². The number of methoxy groups -OCH3 is 1. The van der Waals surface area contributed by atoms with Gasteiger partial charge in [-0.05, 0) is 31.5 Å². The van der Waals surface area contributed by atoms with Crippen LogP contribution < -0.4 is 14.8 Å². The monoisotopic (exact) mass is 405 g/mol. The minimum absolute atomic E-state index is 0.00268. The van der Waals surface area contributed by atoms with Crippen LogP contribution in [-0.2, 0) is 11.3 Å². The summed E-state index contributed by atoms with van der Waals surface area (Å²) in [6.45, 7) is 2.77. The number of benzene rings is 2. The maximum atomic E-state index is 14.4. The Kier molecular flexibility index (Phi) is 7.97. The van der Waals surface area contributed by atoms with E-state index in [-0.39, 0.29) is 29.8 Å². The van der Waals surface area contributed by atoms with Crippen LogP contribution in [0.25, 0.3) is 0 Å². The molecule has 0 aliphatic rings. The normalized spacial score (nSPS) is 11.7. The highest BCUT2D eigenvalue weighted by molar-refractivity contribution is 6.02. The number of amides is 1. The van der Waals surface area contributed by atoms with Crippen LogP contribution in [0.5, 0.6) is 11.5 Å². The van der Waals surface area contributed by atoms with Crippen LogP contribution in [0.1, 0.15) is 29.8 Å². The number of Topliss-reactive ketones (excluding diaryl/α,β-unsaturated/α-hetero) is 1. The zero-order valence-electron chi connectivity index (χ0n) is 16.5. The Bertz CT molecular complexity index is 841. The summed E-state index contributed by atoms with van der Waals surface area (Å²) in [5.74, 6) is -1.57. The smallest absolute Gasteiger partial charge is 0.408 e. The maximum Gasteiger partial charge on any atom is 0.408 e. The summed E-state index contributed by atoms with van der Waals surface area (Å²) in [4.78, 5) is 24.6. The number of ketones is 1. The number of hydrogen-bond donors (Lipinski definition) is 2. The van der Waals surface area contributed by atoms with E-state index in [1.54, 1.807) is 38.1 Å². The van der Waals surface area contributed by atoms with E-state index < -0.39 is 30.3 Å². The highest BCUT2D eigenvalue weighted by Crippen LogP contribution is 2.33. The van der Waals surface area contributed by atoms with Crippen LogP contribution in [0.15, 0.2) is 42.5 Å². The van der Waals surface area contributed by atoms with Crippen molar-refractivity contribution in [2.45, 2.75) is 32.6 Å². The molecule has 0 bridgehead atoms. The molecule has 2 rings (SSSR count). The van der Waals surface area contributed by atoms with Gasteiger partial charge < -0.3 is 24.6 Å². The number of aliphatic hydroxyl groups excluding tert-OH is 1. The Morgan fingerprint density at radius 2 is 1.86 bits per heavy atom. The Morgan fingerprint density at radius 1 is 1.17 bits per heavy atom. The molecule has 0 heterocycles. The zero-order valence-corrected chi connectivity index (χ0v) is 16.5. The largest absolute Gasteiger partial charge is 0.493 e. The number of hydrogen-bond acceptors (Lipinski definition) is 6. The van der Waals surface area contributed by atoms with Gasteiger partial charge in [0.05, 0.1) is 19.8 Å². The van der Waals surface area contributed by atoms with Gasteiger partial charge in [0.2, 0.25) is 0 Å². The van der Waals surface area contributed by atoms with Crippen LogP contribution in [0.3, 0.4) is 0 Å². The molecule has 0 aliphatic heterocycles. The van der Waals surface area contributed by atoms with Gasteiger partial charge in [-0.3, -0.25) is 4.79 Å². The molecule has 2 aromatic carbocycles. The van der Waals surface area contributed by atoms with E-state index in [2.05, 4.69) is 5.32 Å². The maximum absolute atomic E-state index is 14.4. The number of rotatable bonds is 9. The van der Waals surface area contributed by atoms with Gasteiger partial charge in [-0.15, -0.1) is 0 Å². The Balaban J connectivity index is 2.09. The summed E-state index contributed by atoms with van der Waals surface area (Å²) < 4.78 is 30.0. The van der Waals surface area contributed by atoms with Crippen LogP contribution in [0, 0.1) is 5.82 Å². The van der Waals surface area contributed by atoms with Gasteiger partial charge in [0.25, 0.3) is 0 Å². The molecular formula is C21H24FNO6. The molecule has 1 amide bonds. The molecule has 0 aliphatic carbocycles. The molecule has 0 fully saturated rings. The molecule has 156 valence electrons. The molecule has 0 spiro atoms. The van der Waals surface area contributed by atoms with Crippen LogP contribution in [0.2, 0.25) is 0 Å². The van der Waals surface area contributed by atoms with E-state index in [4.69, 9.17) is 14.2 Å². The van der Waals surface area contributed by atoms with Crippen molar-refractivity contribution >= 4 is 11.9 Å². The van der Waals surface area contributed by atoms with E-state index in [1.807, 2.05) is 6.07 Å². The lowest BCUT2D eigenvalue weighted by Crippen LogP contribution is -2.43. The third-order valence-corrected chi connectivity index (χ3v) is 3.87. The summed E-state index contributed by atoms with van der Waals surface area (Å²) in [7, 11) is 1.32. The van der Waals surface area contributed by atoms with Gasteiger partial charge in [0.1, 0.15) is 12.6 Å². The summed E-state index contributed by atoms with van der Waals surface area (Å²) in [5.41, 5.74) is 0.680. The van der Waals surface area contributed by atoms with Crippen molar-refractivity contribution in [2.75, 3.05) is 13.7 Å². The van der Waals surface area contributed by atoms with Crippen molar-refractivity contribution in [1.29, 1.82) is 0 Å². The van der Waals surface area contributed by atoms with E-state index in [0.29, 0.717) is 0 Å². The second kappa shape index (κ2) is 10.4. The summed E-state index contributed by atoms with van der Waals surface area (Å²) in [6, 6.07) is 9.94. The third-order valence-electron chi connectivity index (χ3n) is 3.87. The molecule has 0 radical (unpaired) electrons. The SMILES string of the molecule is COc1cc(C(=O)[C@@H](CO)NC(=O)OCc2ccccc2)cc(F)c1OC(C)C. The predicted molar refractivity (Wildman–Crippen MR) is 104 cm³/mol. The van der Waals surface area contributed by atoms with Crippen molar-refractivity contribution in [1.82, 2.24) is 5.32 Å². The number of nitrogens with one attached hydrogen (secondary N) is 1. The van der Waals surface area contributed by atoms with Crippen molar-refractivity contribution in [3.63, 3.8) is 0 Å². The molecule has 7 nitrogen and oxygen atoms in total. The van der Waals surface area contributed by atoms with Gasteiger partial charge >= 0.3 is 6.09 Å². The minimum atomic E-state index is -1.31. The molecule has 8 heteroatoms. The first kappa shape index (κ1) is 22.2. The molecular weight excluding hydrogens is 381 g/mol. The molecule has 0 unspecified atom stereocenters. The fourth-order valence-electron chi connectivity index (χ4n) is 2.51. The predicted octanol–water partition coefficient (Wildman–Crippen LogP) is 3.09. The number of aliphatic hydroxyl groups is 1. The Morgan fingerprint density at radius 3 is 2.45 bits per heavy atom. The summed E-state index contributed by atoms with van der Waals surface area (Å²) in [6.07, 6.45) is -1.18. The second-order valence-electron chi connectivity index (χ2n) is 6.46. The molecule has 0 saturated heterocycles. The Labute approximate surface area is 168 Å². The minimum Gasteiger partial charge on any atom is -0.493 e. The van der Waals surface area contributed by atoms with E-state index in [9.17, 15) is 19.1 Å². The van der Waals surface area contributed by atoms with Gasteiger partial charge in [-0.2, -0.15) is 0 Å². The number of halogens is 1. The van der Waals surface area contributed by atoms with E-state index >= 15 is 0 Å². The van der Waals surface area contributed by atoms with Crippen LogP contribution in [-0.4, -0.2) is 42.8 Å². The fourth-order valence-corrected chi connectivity index (χ4v) is 2.51. The first-order valence-electron chi connectivity index (χ1n) is 9.02. The third kappa shape index (κ3) is 6.18. The van der Waals surface area contributed by atoms with Gasteiger partial charge in [-0.25, -0.2) is 9.18 Å². The van der Waals surface area contributed by atoms with Crippen LogP contribution in [0.4, 0.5) is 9.18 Å². The lowest BCUT2D eigenvalue weighted by molar-refractivity contribution is 0.0863. The molecule has 2 N–H and O–H groups in total. The summed E-state index contributed by atoms with van der Waals surface area (Å²) >= 11 is 0. The molecule has 29 heavy (non-hydrogen) atoms. The van der Waals surface area contributed by atoms with Crippen molar-refractivity contribution < 1.29 is 33.3 Å². The van der Waals surface area contributed by atoms with E-state index in [1.165, 1.54) is 13.2 Å². The number of ether oxygens (including phenoxy) is 3. The first-order valence-corrected chi connectivity index (χ1v) is 9.02. The molecule has 0 saturated carbocycles. The lowest BCUT2D eigenvalue weighted by atomic mass is 10.0. The van der Waals surface area contributed by atoms with E-state index in [0.717, 1.165) is 11.6 Å². The lowest BCUT2D eigenvalue weighted by Gasteiger charge is -2.18. The molecule has 1 atom stereocenters. The Hall–Kier alpha value is -3.13. The zero-order chi connectivity index (χ0) is 21.4. The average Bonchev–Trinajstić information content (AvgIpc) is 2.71. The topological polar surface area (TPSA) is 94.1 Å². The standard InChI is InChI=1S/C21H24FNO6/c1-13(2)29-20-16(22)9-15(10-18(20)27-3)19(25)17(11-24)23-21(26)28-12-14-7-5-4-6-8-14/h4-10,13,17,24H,11-12H2,1-3H3,(H,23,26)/t17-/m1/s1. The fraction of sp³-hybridized carbons (Fsp3) is 0.333. The average molecular weight is 405 g/mol. The van der Waals surface area contributed by atoms with Gasteiger partial charge in [0, 0.05) is 5.56 Å². The summed E-state index contributed by atoms with van der Waals surface area (Å²) in [5, 5.41) is 11.8. The highest BCUT2D eigenvalue weighted by atomic mass is 19.1. The quantitative estimate of drug-likeness (QED) is 0.623. The number of carbonyl (C=O) groups excluding carboxylic acids is 2. The van der Waals surface area contributed by atoms with Crippen LogP contribution >= 0.6 is 0 Å².